The maximum absolute atomic E-state index is 11.6. The Bertz CT molecular complexity index is 152. The van der Waals surface area contributed by atoms with Crippen molar-refractivity contribution in [1.82, 2.24) is 15.4 Å². The molecule has 6 heteroatoms. The summed E-state index contributed by atoms with van der Waals surface area (Å²) in [6, 6.07) is -0.102. The van der Waals surface area contributed by atoms with Gasteiger partial charge >= 0.3 is 25.5 Å². The third-order valence-corrected chi connectivity index (χ3v) is 1.71. The molecule has 0 fully saturated rings. The number of hydrogen-bond donors (Lipinski definition) is 1. The van der Waals surface area contributed by atoms with E-state index < -0.39 is 0 Å². The van der Waals surface area contributed by atoms with Crippen LogP contribution in [-0.2, 0) is 19.5 Å². The second kappa shape index (κ2) is 9.37. The van der Waals surface area contributed by atoms with Crippen molar-refractivity contribution in [3.63, 3.8) is 0 Å². The van der Waals surface area contributed by atoms with E-state index in [1.807, 2.05) is 13.8 Å². The summed E-state index contributed by atoms with van der Waals surface area (Å²) >= 11 is 0. The van der Waals surface area contributed by atoms with Crippen LogP contribution in [0.5, 0.6) is 0 Å². The predicted octanol–water partition coefficient (Wildman–Crippen LogP) is 1.19. The topological polar surface area (TPSA) is 49.7 Å². The molecule has 0 aromatic heterocycles. The van der Waals surface area contributed by atoms with E-state index in [-0.39, 0.29) is 25.5 Å². The summed E-state index contributed by atoms with van der Waals surface area (Å²) < 4.78 is 0. The number of nitrogens with one attached hydrogen (secondary N) is 1. The first-order chi connectivity index (χ1) is 6.21. The van der Waals surface area contributed by atoms with E-state index in [0.717, 1.165) is 6.42 Å². The fourth-order valence-corrected chi connectivity index (χ4v) is 1.03. The summed E-state index contributed by atoms with van der Waals surface area (Å²) in [5, 5.41) is 2.97. The average molecular weight is 288 g/mol. The maximum Gasteiger partial charge on any atom is 1.00 e. The van der Waals surface area contributed by atoms with Gasteiger partial charge in [0.25, 0.3) is 0 Å². The Labute approximate surface area is 98.9 Å². The molecule has 0 saturated carbocycles. The second-order valence-electron chi connectivity index (χ2n) is 2.57. The Morgan fingerprint density at radius 3 is 2.29 bits per heavy atom. The van der Waals surface area contributed by atoms with E-state index in [0.29, 0.717) is 13.1 Å². The van der Waals surface area contributed by atoms with Crippen LogP contribution in [0.25, 0.3) is 5.43 Å². The molecule has 14 heavy (non-hydrogen) atoms. The zero-order valence-electron chi connectivity index (χ0n) is 9.22. The van der Waals surface area contributed by atoms with E-state index >= 15 is 0 Å². The number of nitrogens with zero attached hydrogens (tertiary/aromatic N) is 3. The molecule has 85 valence electrons. The van der Waals surface area contributed by atoms with Gasteiger partial charge < -0.3 is 10.4 Å². The summed E-state index contributed by atoms with van der Waals surface area (Å²) in [7, 11) is 3.35. The van der Waals surface area contributed by atoms with Crippen molar-refractivity contribution in [1.29, 1.82) is 0 Å². The minimum absolute atomic E-state index is 0. The van der Waals surface area contributed by atoms with Crippen LogP contribution < -0.4 is 5.43 Å². The van der Waals surface area contributed by atoms with Crippen LogP contribution in [0.2, 0.25) is 0 Å². The van der Waals surface area contributed by atoms with Gasteiger partial charge in [0.1, 0.15) is 0 Å². The Morgan fingerprint density at radius 2 is 2.00 bits per heavy atom. The molecule has 0 aliphatic rings. The molecule has 0 saturated heterocycles. The fraction of sp³-hybridized carbons (Fsp3) is 0.875. The van der Waals surface area contributed by atoms with Crippen LogP contribution in [0, 0.1) is 0 Å². The van der Waals surface area contributed by atoms with Crippen LogP contribution in [0.15, 0.2) is 0 Å². The average Bonchev–Trinajstić information content (AvgIpc) is 2.15. The van der Waals surface area contributed by atoms with Crippen molar-refractivity contribution in [3.05, 3.63) is 5.43 Å². The molecule has 0 bridgehead atoms. The molecule has 0 aliphatic heterocycles. The molecule has 0 atom stereocenters. The first-order valence-corrected chi connectivity index (χ1v) is 4.57. The molecule has 1 radical (unpaired) electrons. The van der Waals surface area contributed by atoms with Crippen LogP contribution >= 0.6 is 0 Å². The van der Waals surface area contributed by atoms with Crippen molar-refractivity contribution in [2.75, 3.05) is 27.2 Å². The maximum atomic E-state index is 11.6. The number of hydrogen-bond acceptors (Lipinski definition) is 2. The first-order valence-electron chi connectivity index (χ1n) is 4.57. The predicted molar refractivity (Wildman–Crippen MR) is 53.1 cm³/mol. The number of carbonyl (C=O) groups excluding carboxylic acids is 1. The number of rotatable bonds is 5. The van der Waals surface area contributed by atoms with Crippen LogP contribution in [0.3, 0.4) is 0 Å². The third-order valence-electron chi connectivity index (χ3n) is 1.71. The molecular formula is C8H19N4ORu. The number of urea groups is 1. The molecule has 5 nitrogen and oxygen atoms in total. The van der Waals surface area contributed by atoms with Crippen molar-refractivity contribution < 1.29 is 24.3 Å². The van der Waals surface area contributed by atoms with Gasteiger partial charge in [0, 0.05) is 20.1 Å². The van der Waals surface area contributed by atoms with Gasteiger partial charge in [-0.25, -0.2) is 10.2 Å². The molecule has 0 aliphatic carbocycles. The van der Waals surface area contributed by atoms with Crippen LogP contribution in [0.4, 0.5) is 4.79 Å². The summed E-state index contributed by atoms with van der Waals surface area (Å²) in [6.07, 6.45) is 0.924. The first kappa shape index (κ1) is 16.3. The molecule has 2 amide bonds. The van der Waals surface area contributed by atoms with Gasteiger partial charge in [-0.1, -0.05) is 6.92 Å². The summed E-state index contributed by atoms with van der Waals surface area (Å²) in [4.78, 5) is 11.6. The number of amides is 2. The van der Waals surface area contributed by atoms with Crippen LogP contribution in [-0.4, -0.2) is 43.2 Å². The van der Waals surface area contributed by atoms with E-state index in [1.54, 1.807) is 19.1 Å². The molecular weight excluding hydrogens is 269 g/mol. The summed E-state index contributed by atoms with van der Waals surface area (Å²) in [5.41, 5.74) is 6.69. The molecule has 0 unspecified atom stereocenters. The Morgan fingerprint density at radius 1 is 1.43 bits per heavy atom. The van der Waals surface area contributed by atoms with Gasteiger partial charge in [0.05, 0.1) is 0 Å². The van der Waals surface area contributed by atoms with Crippen molar-refractivity contribution in [2.24, 2.45) is 0 Å². The van der Waals surface area contributed by atoms with E-state index in [9.17, 15) is 4.79 Å². The number of hydrazine groups is 1. The Kier molecular flexibility index (Phi) is 10.9. The van der Waals surface area contributed by atoms with Crippen molar-refractivity contribution in [3.8, 4) is 0 Å². The smallest absolute Gasteiger partial charge is 0.567 e. The Hall–Kier alpha value is -0.187. The summed E-state index contributed by atoms with van der Waals surface area (Å²) in [6.45, 7) is 5.21. The van der Waals surface area contributed by atoms with Gasteiger partial charge in [0.15, 0.2) is 0 Å². The molecule has 0 spiro atoms. The van der Waals surface area contributed by atoms with E-state index in [2.05, 4.69) is 10.9 Å². The zero-order chi connectivity index (χ0) is 10.3. The monoisotopic (exact) mass is 289 g/mol. The third kappa shape index (κ3) is 4.89. The molecule has 1 N–H and O–H groups in total. The minimum Gasteiger partial charge on any atom is -0.567 e. The van der Waals surface area contributed by atoms with Gasteiger partial charge in [-0.3, -0.25) is 5.01 Å². The second-order valence-corrected chi connectivity index (χ2v) is 2.57. The van der Waals surface area contributed by atoms with Gasteiger partial charge in [-0.2, -0.15) is 0 Å². The van der Waals surface area contributed by atoms with E-state index in [4.69, 9.17) is 0 Å². The minimum atomic E-state index is -0.102. The van der Waals surface area contributed by atoms with Crippen LogP contribution in [0.1, 0.15) is 20.3 Å². The number of carbonyl (C=O) groups is 1. The zero-order valence-corrected chi connectivity index (χ0v) is 11.0. The fourth-order valence-electron chi connectivity index (χ4n) is 1.03. The SMILES string of the molecule is CCCN(NC)C(=O)N(CC)[N-]C.[Ru+]. The normalized spacial score (nSPS) is 9.14. The standard InChI is InChI=1S/C8H19N4O.Ru/c1-5-7-12(10-4)8(13)11(6-2)9-3;/h10H,5-7H2,1-4H3;/q-1;+1. The van der Waals surface area contributed by atoms with E-state index in [1.165, 1.54) is 5.01 Å². The van der Waals surface area contributed by atoms with Gasteiger partial charge in [0.2, 0.25) is 0 Å². The quantitative estimate of drug-likeness (QED) is 0.610. The van der Waals surface area contributed by atoms with Gasteiger partial charge in [-0.05, 0) is 13.3 Å². The van der Waals surface area contributed by atoms with Gasteiger partial charge in [-0.15, -0.1) is 7.05 Å². The molecule has 0 rings (SSSR count). The van der Waals surface area contributed by atoms with Crippen molar-refractivity contribution in [2.45, 2.75) is 20.3 Å². The van der Waals surface area contributed by atoms with Crippen molar-refractivity contribution >= 4 is 6.03 Å². The summed E-state index contributed by atoms with van der Waals surface area (Å²) in [5.74, 6) is 0. The largest absolute Gasteiger partial charge is 1.00 e. The molecule has 0 aromatic carbocycles. The Balaban J connectivity index is 0. The molecule has 0 aromatic rings. The molecule has 0 heterocycles.